The highest BCUT2D eigenvalue weighted by Crippen LogP contribution is 2.31. The lowest BCUT2D eigenvalue weighted by Crippen LogP contribution is -2.26. The van der Waals surface area contributed by atoms with Gasteiger partial charge in [-0.15, -0.1) is 0 Å². The first-order chi connectivity index (χ1) is 9.92. The van der Waals surface area contributed by atoms with Gasteiger partial charge in [-0.05, 0) is 32.4 Å². The Morgan fingerprint density at radius 1 is 1.38 bits per heavy atom. The predicted molar refractivity (Wildman–Crippen MR) is 79.0 cm³/mol. The Kier molecular flexibility index (Phi) is 4.53. The van der Waals surface area contributed by atoms with Gasteiger partial charge in [0.1, 0.15) is 11.3 Å². The Balaban J connectivity index is 2.39. The summed E-state index contributed by atoms with van der Waals surface area (Å²) < 4.78 is 15.5. The van der Waals surface area contributed by atoms with E-state index in [-0.39, 0.29) is 11.6 Å². The molecule has 6 heteroatoms. The molecule has 5 nitrogen and oxygen atoms in total. The molecule has 0 aliphatic carbocycles. The molecule has 2 rings (SSSR count). The summed E-state index contributed by atoms with van der Waals surface area (Å²) in [6, 6.07) is 4.53. The molecule has 0 amide bonds. The molecule has 1 atom stereocenters. The third-order valence-corrected chi connectivity index (χ3v) is 3.22. The van der Waals surface area contributed by atoms with E-state index in [1.165, 1.54) is 12.1 Å². The van der Waals surface area contributed by atoms with E-state index in [1.54, 1.807) is 26.8 Å². The van der Waals surface area contributed by atoms with Crippen LogP contribution in [0.5, 0.6) is 5.75 Å². The van der Waals surface area contributed by atoms with Gasteiger partial charge in [-0.1, -0.05) is 11.6 Å². The Morgan fingerprint density at radius 3 is 2.76 bits per heavy atom. The number of benzene rings is 1. The first-order valence-electron chi connectivity index (χ1n) is 6.49. The van der Waals surface area contributed by atoms with Gasteiger partial charge in [0.15, 0.2) is 6.10 Å². The van der Waals surface area contributed by atoms with E-state index in [9.17, 15) is 9.59 Å². The Bertz CT molecular complexity index is 735. The molecule has 112 valence electrons. The fraction of sp³-hybridized carbons (Fsp3) is 0.333. The minimum atomic E-state index is -0.782. The van der Waals surface area contributed by atoms with Crippen molar-refractivity contribution in [1.82, 2.24) is 0 Å². The summed E-state index contributed by atoms with van der Waals surface area (Å²) in [6.45, 7) is 5.36. The third-order valence-electron chi connectivity index (χ3n) is 2.93. The van der Waals surface area contributed by atoms with Gasteiger partial charge >= 0.3 is 11.6 Å². The number of halogens is 1. The van der Waals surface area contributed by atoms with Gasteiger partial charge in [-0.25, -0.2) is 9.59 Å². The third kappa shape index (κ3) is 3.36. The smallest absolute Gasteiger partial charge is 0.347 e. The summed E-state index contributed by atoms with van der Waals surface area (Å²) in [5.41, 5.74) is 0.678. The SMILES string of the molecule is CCOC(=O)[C@@H](C)Oc1cc2c(C)cc(=O)oc2cc1Cl. The lowest BCUT2D eigenvalue weighted by molar-refractivity contribution is -0.150. The molecule has 21 heavy (non-hydrogen) atoms. The minimum Gasteiger partial charge on any atom is -0.477 e. The van der Waals surface area contributed by atoms with Gasteiger partial charge in [0.2, 0.25) is 0 Å². The van der Waals surface area contributed by atoms with Crippen molar-refractivity contribution < 1.29 is 18.7 Å². The maximum absolute atomic E-state index is 11.6. The molecule has 0 unspecified atom stereocenters. The van der Waals surface area contributed by atoms with Crippen LogP contribution in [-0.4, -0.2) is 18.7 Å². The van der Waals surface area contributed by atoms with Crippen LogP contribution >= 0.6 is 11.6 Å². The van der Waals surface area contributed by atoms with Crippen molar-refractivity contribution in [2.45, 2.75) is 26.9 Å². The standard InChI is InChI=1S/C15H15ClO5/c1-4-19-15(18)9(3)20-13-6-10-8(2)5-14(17)21-12(10)7-11(13)16/h5-7,9H,4H2,1-3H3/t9-/m1/s1. The summed E-state index contributed by atoms with van der Waals surface area (Å²) in [6.07, 6.45) is -0.782. The van der Waals surface area contributed by atoms with Crippen molar-refractivity contribution in [2.75, 3.05) is 6.61 Å². The van der Waals surface area contributed by atoms with Crippen molar-refractivity contribution in [3.63, 3.8) is 0 Å². The zero-order chi connectivity index (χ0) is 15.6. The highest BCUT2D eigenvalue weighted by atomic mass is 35.5. The second kappa shape index (κ2) is 6.18. The fourth-order valence-electron chi connectivity index (χ4n) is 1.91. The van der Waals surface area contributed by atoms with Crippen LogP contribution in [0.4, 0.5) is 0 Å². The molecule has 1 heterocycles. The Morgan fingerprint density at radius 2 is 2.10 bits per heavy atom. The van der Waals surface area contributed by atoms with E-state index in [0.29, 0.717) is 16.7 Å². The molecule has 0 radical (unpaired) electrons. The second-order valence-corrected chi connectivity index (χ2v) is 4.95. The van der Waals surface area contributed by atoms with Crippen molar-refractivity contribution in [3.05, 3.63) is 39.2 Å². The van der Waals surface area contributed by atoms with Crippen LogP contribution in [0.3, 0.4) is 0 Å². The van der Waals surface area contributed by atoms with Crippen LogP contribution in [0, 0.1) is 6.92 Å². The van der Waals surface area contributed by atoms with Gasteiger partial charge in [0.05, 0.1) is 11.6 Å². The van der Waals surface area contributed by atoms with Gasteiger partial charge < -0.3 is 13.9 Å². The van der Waals surface area contributed by atoms with Crippen molar-refractivity contribution in [3.8, 4) is 5.75 Å². The maximum Gasteiger partial charge on any atom is 0.347 e. The molecule has 0 spiro atoms. The number of hydrogen-bond acceptors (Lipinski definition) is 5. The van der Waals surface area contributed by atoms with Crippen LogP contribution in [0.25, 0.3) is 11.0 Å². The minimum absolute atomic E-state index is 0.257. The average molecular weight is 311 g/mol. The van der Waals surface area contributed by atoms with Crippen molar-refractivity contribution in [1.29, 1.82) is 0 Å². The second-order valence-electron chi connectivity index (χ2n) is 4.54. The number of aryl methyl sites for hydroxylation is 1. The molecular formula is C15H15ClO5. The average Bonchev–Trinajstić information content (AvgIpc) is 2.40. The summed E-state index contributed by atoms with van der Waals surface area (Å²) in [5, 5.41) is 0.956. The van der Waals surface area contributed by atoms with Gasteiger partial charge in [0.25, 0.3) is 0 Å². The molecule has 0 aliphatic rings. The molecule has 0 saturated carbocycles. The highest BCUT2D eigenvalue weighted by Gasteiger charge is 2.18. The summed E-state index contributed by atoms with van der Waals surface area (Å²) in [4.78, 5) is 22.9. The van der Waals surface area contributed by atoms with Crippen LogP contribution in [-0.2, 0) is 9.53 Å². The fourth-order valence-corrected chi connectivity index (χ4v) is 2.11. The number of esters is 1. The van der Waals surface area contributed by atoms with Gasteiger partial charge in [-0.3, -0.25) is 0 Å². The van der Waals surface area contributed by atoms with Crippen LogP contribution in [0.15, 0.2) is 27.4 Å². The topological polar surface area (TPSA) is 65.7 Å². The van der Waals surface area contributed by atoms with E-state index < -0.39 is 17.7 Å². The van der Waals surface area contributed by atoms with E-state index >= 15 is 0 Å². The highest BCUT2D eigenvalue weighted by molar-refractivity contribution is 6.32. The summed E-state index contributed by atoms with van der Waals surface area (Å²) in [7, 11) is 0. The zero-order valence-electron chi connectivity index (χ0n) is 11.9. The maximum atomic E-state index is 11.6. The first kappa shape index (κ1) is 15.4. The zero-order valence-corrected chi connectivity index (χ0v) is 12.7. The molecule has 2 aromatic rings. The number of hydrogen-bond donors (Lipinski definition) is 0. The van der Waals surface area contributed by atoms with Gasteiger partial charge in [-0.2, -0.15) is 0 Å². The van der Waals surface area contributed by atoms with Crippen LogP contribution in [0.2, 0.25) is 5.02 Å². The monoisotopic (exact) mass is 310 g/mol. The van der Waals surface area contributed by atoms with E-state index in [2.05, 4.69) is 0 Å². The Hall–Kier alpha value is -2.01. The number of fused-ring (bicyclic) bond motifs is 1. The van der Waals surface area contributed by atoms with E-state index in [0.717, 1.165) is 5.56 Å². The summed E-state index contributed by atoms with van der Waals surface area (Å²) in [5.74, 6) is -0.133. The van der Waals surface area contributed by atoms with Crippen molar-refractivity contribution in [2.24, 2.45) is 0 Å². The molecular weight excluding hydrogens is 296 g/mol. The number of carbonyl (C=O) groups excluding carboxylic acids is 1. The number of ether oxygens (including phenoxy) is 2. The first-order valence-corrected chi connectivity index (χ1v) is 6.87. The van der Waals surface area contributed by atoms with Crippen molar-refractivity contribution >= 4 is 28.5 Å². The van der Waals surface area contributed by atoms with Crippen LogP contribution in [0.1, 0.15) is 19.4 Å². The molecule has 1 aromatic heterocycles. The largest absolute Gasteiger partial charge is 0.477 e. The predicted octanol–water partition coefficient (Wildman–Crippen LogP) is 3.09. The molecule has 1 aromatic carbocycles. The van der Waals surface area contributed by atoms with Gasteiger partial charge in [0, 0.05) is 17.5 Å². The van der Waals surface area contributed by atoms with E-state index in [1.807, 2.05) is 0 Å². The quantitative estimate of drug-likeness (QED) is 0.641. The lowest BCUT2D eigenvalue weighted by Gasteiger charge is -2.15. The van der Waals surface area contributed by atoms with E-state index in [4.69, 9.17) is 25.5 Å². The molecule has 0 saturated heterocycles. The number of carbonyl (C=O) groups is 1. The molecule has 0 fully saturated rings. The summed E-state index contributed by atoms with van der Waals surface area (Å²) >= 11 is 6.09. The molecule has 0 aliphatic heterocycles. The Labute approximate surface area is 126 Å². The lowest BCUT2D eigenvalue weighted by atomic mass is 10.1. The van der Waals surface area contributed by atoms with Crippen LogP contribution < -0.4 is 10.4 Å². The normalized spacial score (nSPS) is 12.2. The number of rotatable bonds is 4. The molecule has 0 bridgehead atoms. The molecule has 0 N–H and O–H groups in total.